The molecule has 1 amide bonds. The van der Waals surface area contributed by atoms with E-state index in [2.05, 4.69) is 34.9 Å². The highest BCUT2D eigenvalue weighted by Crippen LogP contribution is 2.45. The van der Waals surface area contributed by atoms with E-state index in [1.165, 1.54) is 11.1 Å². The average molecular weight is 523 g/mol. The number of nitrogens with one attached hydrogen (secondary N) is 2. The van der Waals surface area contributed by atoms with E-state index >= 15 is 0 Å². The molecule has 5 rings (SSSR count). The molecule has 1 heterocycles. The van der Waals surface area contributed by atoms with Crippen LogP contribution in [0.3, 0.4) is 0 Å². The Hall–Kier alpha value is -3.02. The van der Waals surface area contributed by atoms with Gasteiger partial charge in [-0.1, -0.05) is 47.5 Å². The van der Waals surface area contributed by atoms with Crippen molar-refractivity contribution < 1.29 is 14.7 Å². The van der Waals surface area contributed by atoms with Gasteiger partial charge in [0.25, 0.3) is 0 Å². The minimum Gasteiger partial charge on any atom is -0.478 e. The molecule has 1 aliphatic heterocycles. The third-order valence-electron chi connectivity index (χ3n) is 7.62. The average Bonchev–Trinajstić information content (AvgIpc) is 2.87. The van der Waals surface area contributed by atoms with Crippen molar-refractivity contribution in [2.75, 3.05) is 5.32 Å². The van der Waals surface area contributed by atoms with Crippen LogP contribution in [0.15, 0.2) is 72.8 Å². The molecule has 3 N–H and O–H groups in total. The van der Waals surface area contributed by atoms with Gasteiger partial charge in [0.15, 0.2) is 0 Å². The van der Waals surface area contributed by atoms with Crippen LogP contribution in [-0.4, -0.2) is 29.1 Å². The molecule has 2 fully saturated rings. The molecule has 7 heteroatoms. The standard InChI is InChI=1S/C29H28Cl2N2O3/c30-21-8-1-17(2-9-21)28(18-3-10-22(31)11-4-18)20-7-14-25-24(15-20)26(16-27(34)33-25)32-23-12-5-19(6-13-23)29(35)36/h1-6,8-13,20,24-26,28,32H,7,14-16H2,(H,33,34)(H,35,36). The number of piperidine rings is 1. The molecular weight excluding hydrogens is 495 g/mol. The Balaban J connectivity index is 1.42. The van der Waals surface area contributed by atoms with Crippen molar-refractivity contribution >= 4 is 40.8 Å². The number of carboxylic acid groups (broad SMARTS) is 1. The van der Waals surface area contributed by atoms with Crippen molar-refractivity contribution in [1.29, 1.82) is 0 Å². The van der Waals surface area contributed by atoms with Gasteiger partial charge in [0, 0.05) is 46.1 Å². The van der Waals surface area contributed by atoms with E-state index in [-0.39, 0.29) is 35.4 Å². The number of benzene rings is 3. The summed E-state index contributed by atoms with van der Waals surface area (Å²) in [5.74, 6) is -0.0795. The highest BCUT2D eigenvalue weighted by molar-refractivity contribution is 6.30. The van der Waals surface area contributed by atoms with Gasteiger partial charge in [-0.05, 0) is 84.8 Å². The lowest BCUT2D eigenvalue weighted by atomic mass is 9.65. The van der Waals surface area contributed by atoms with Crippen LogP contribution in [0, 0.1) is 11.8 Å². The molecule has 4 unspecified atom stereocenters. The molecule has 2 aliphatic rings. The molecule has 1 saturated heterocycles. The summed E-state index contributed by atoms with van der Waals surface area (Å²) in [5, 5.41) is 17.4. The lowest BCUT2D eigenvalue weighted by molar-refractivity contribution is -0.125. The summed E-state index contributed by atoms with van der Waals surface area (Å²) in [6.45, 7) is 0. The Morgan fingerprint density at radius 2 is 1.47 bits per heavy atom. The van der Waals surface area contributed by atoms with Crippen molar-refractivity contribution in [3.63, 3.8) is 0 Å². The number of hydrogen-bond donors (Lipinski definition) is 3. The predicted octanol–water partition coefficient (Wildman–Crippen LogP) is 6.61. The largest absolute Gasteiger partial charge is 0.478 e. The Morgan fingerprint density at radius 3 is 2.03 bits per heavy atom. The Bertz CT molecular complexity index is 1180. The monoisotopic (exact) mass is 522 g/mol. The second kappa shape index (κ2) is 10.5. The Morgan fingerprint density at radius 1 is 0.889 bits per heavy atom. The topological polar surface area (TPSA) is 78.4 Å². The van der Waals surface area contributed by atoms with E-state index in [9.17, 15) is 14.7 Å². The number of hydrogen-bond acceptors (Lipinski definition) is 3. The molecule has 186 valence electrons. The number of rotatable bonds is 6. The van der Waals surface area contributed by atoms with Crippen LogP contribution in [0.25, 0.3) is 0 Å². The van der Waals surface area contributed by atoms with Gasteiger partial charge in [0.05, 0.1) is 5.56 Å². The summed E-state index contributed by atoms with van der Waals surface area (Å²) in [6, 6.07) is 23.0. The molecular formula is C29H28Cl2N2O3. The van der Waals surface area contributed by atoms with Crippen molar-refractivity contribution in [2.45, 2.75) is 43.7 Å². The summed E-state index contributed by atoms with van der Waals surface area (Å²) >= 11 is 12.4. The van der Waals surface area contributed by atoms with Crippen LogP contribution >= 0.6 is 23.2 Å². The van der Waals surface area contributed by atoms with Gasteiger partial charge in [0.2, 0.25) is 5.91 Å². The third kappa shape index (κ3) is 5.37. The van der Waals surface area contributed by atoms with E-state index < -0.39 is 5.97 Å². The first-order valence-electron chi connectivity index (χ1n) is 12.3. The lowest BCUT2D eigenvalue weighted by Gasteiger charge is -2.46. The summed E-state index contributed by atoms with van der Waals surface area (Å²) in [6.07, 6.45) is 3.25. The molecule has 0 bridgehead atoms. The minimum atomic E-state index is -0.954. The van der Waals surface area contributed by atoms with Crippen LogP contribution in [0.2, 0.25) is 10.0 Å². The first kappa shape index (κ1) is 24.7. The third-order valence-corrected chi connectivity index (χ3v) is 8.13. The van der Waals surface area contributed by atoms with Crippen LogP contribution in [0.1, 0.15) is 53.1 Å². The van der Waals surface area contributed by atoms with E-state index in [0.717, 1.165) is 24.9 Å². The minimum absolute atomic E-state index is 0.0293. The van der Waals surface area contributed by atoms with Crippen LogP contribution < -0.4 is 10.6 Å². The lowest BCUT2D eigenvalue weighted by Crippen LogP contribution is -2.56. The summed E-state index contributed by atoms with van der Waals surface area (Å²) < 4.78 is 0. The number of carbonyl (C=O) groups excluding carboxylic acids is 1. The summed E-state index contributed by atoms with van der Waals surface area (Å²) in [4.78, 5) is 23.7. The van der Waals surface area contributed by atoms with Crippen LogP contribution in [0.4, 0.5) is 5.69 Å². The van der Waals surface area contributed by atoms with Crippen molar-refractivity contribution in [2.24, 2.45) is 11.8 Å². The number of carboxylic acids is 1. The number of amides is 1. The van der Waals surface area contributed by atoms with Gasteiger partial charge in [-0.15, -0.1) is 0 Å². The molecule has 3 aromatic rings. The summed E-state index contributed by atoms with van der Waals surface area (Å²) in [7, 11) is 0. The summed E-state index contributed by atoms with van der Waals surface area (Å²) in [5.41, 5.74) is 3.51. The fraction of sp³-hybridized carbons (Fsp3) is 0.310. The van der Waals surface area contributed by atoms with Gasteiger partial charge in [-0.2, -0.15) is 0 Å². The quantitative estimate of drug-likeness (QED) is 0.340. The van der Waals surface area contributed by atoms with Crippen molar-refractivity contribution in [3.8, 4) is 0 Å². The van der Waals surface area contributed by atoms with E-state index in [0.29, 0.717) is 22.4 Å². The van der Waals surface area contributed by atoms with Gasteiger partial charge in [-0.25, -0.2) is 4.79 Å². The van der Waals surface area contributed by atoms with Gasteiger partial charge in [-0.3, -0.25) is 4.79 Å². The van der Waals surface area contributed by atoms with Gasteiger partial charge in [0.1, 0.15) is 0 Å². The maximum Gasteiger partial charge on any atom is 0.335 e. The van der Waals surface area contributed by atoms with E-state index in [1.807, 2.05) is 24.3 Å². The number of carbonyl (C=O) groups is 2. The number of halogens is 2. The number of fused-ring (bicyclic) bond motifs is 1. The zero-order chi connectivity index (χ0) is 25.2. The predicted molar refractivity (Wildman–Crippen MR) is 143 cm³/mol. The molecule has 0 radical (unpaired) electrons. The van der Waals surface area contributed by atoms with Gasteiger partial charge >= 0.3 is 5.97 Å². The highest BCUT2D eigenvalue weighted by Gasteiger charge is 2.43. The second-order valence-corrected chi connectivity index (χ2v) is 10.7. The van der Waals surface area contributed by atoms with Crippen LogP contribution in [-0.2, 0) is 4.79 Å². The van der Waals surface area contributed by atoms with E-state index in [1.54, 1.807) is 24.3 Å². The maximum atomic E-state index is 12.5. The molecule has 4 atom stereocenters. The first-order valence-corrected chi connectivity index (χ1v) is 13.0. The van der Waals surface area contributed by atoms with Crippen molar-refractivity contribution in [1.82, 2.24) is 5.32 Å². The first-order chi connectivity index (χ1) is 17.4. The zero-order valence-corrected chi connectivity index (χ0v) is 21.2. The SMILES string of the molecule is O=C1CC(Nc2ccc(C(=O)O)cc2)C2CC(C(c3ccc(Cl)cc3)c3ccc(Cl)cc3)CCC2N1. The Labute approximate surface area is 220 Å². The second-order valence-electron chi connectivity index (χ2n) is 9.83. The Kier molecular flexibility index (Phi) is 7.22. The normalized spacial score (nSPS) is 23.6. The molecule has 0 aromatic heterocycles. The smallest absolute Gasteiger partial charge is 0.335 e. The number of anilines is 1. The molecule has 1 saturated carbocycles. The molecule has 1 aliphatic carbocycles. The number of aromatic carboxylic acids is 1. The maximum absolute atomic E-state index is 12.5. The molecule has 3 aromatic carbocycles. The molecule has 36 heavy (non-hydrogen) atoms. The zero-order valence-electron chi connectivity index (χ0n) is 19.7. The fourth-order valence-corrected chi connectivity index (χ4v) is 6.19. The molecule has 5 nitrogen and oxygen atoms in total. The fourth-order valence-electron chi connectivity index (χ4n) is 5.94. The van der Waals surface area contributed by atoms with E-state index in [4.69, 9.17) is 23.2 Å². The van der Waals surface area contributed by atoms with Crippen molar-refractivity contribution in [3.05, 3.63) is 99.5 Å². The highest BCUT2D eigenvalue weighted by atomic mass is 35.5. The van der Waals surface area contributed by atoms with Gasteiger partial charge < -0.3 is 15.7 Å². The van der Waals surface area contributed by atoms with Crippen LogP contribution in [0.5, 0.6) is 0 Å². The molecule has 0 spiro atoms.